The van der Waals surface area contributed by atoms with E-state index >= 15 is 0 Å². The fourth-order valence-electron chi connectivity index (χ4n) is 2.38. The smallest absolute Gasteiger partial charge is 0.0991 e. The van der Waals surface area contributed by atoms with Gasteiger partial charge in [0.2, 0.25) is 0 Å². The summed E-state index contributed by atoms with van der Waals surface area (Å²) in [7, 11) is 4.19. The molecule has 3 heteroatoms. The van der Waals surface area contributed by atoms with Crippen LogP contribution in [0.1, 0.15) is 22.7 Å². The normalized spacial score (nSPS) is 12.1. The van der Waals surface area contributed by atoms with Crippen molar-refractivity contribution in [2.45, 2.75) is 12.6 Å². The summed E-state index contributed by atoms with van der Waals surface area (Å²) in [6.45, 7) is 1.64. The van der Waals surface area contributed by atoms with Crippen molar-refractivity contribution < 1.29 is 0 Å². The largest absolute Gasteiger partial charge is 0.311 e. The van der Waals surface area contributed by atoms with Crippen LogP contribution in [0.3, 0.4) is 0 Å². The molecule has 0 spiro atoms. The van der Waals surface area contributed by atoms with Gasteiger partial charge in [-0.2, -0.15) is 5.26 Å². The highest BCUT2D eigenvalue weighted by Gasteiger charge is 2.12. The number of nitrogens with zero attached hydrogens (tertiary/aromatic N) is 2. The first kappa shape index (κ1) is 15.2. The van der Waals surface area contributed by atoms with Crippen LogP contribution < -0.4 is 5.32 Å². The molecule has 0 unspecified atom stereocenters. The van der Waals surface area contributed by atoms with Gasteiger partial charge in [-0.05, 0) is 37.4 Å². The van der Waals surface area contributed by atoms with Gasteiger partial charge in [0, 0.05) is 19.1 Å². The van der Waals surface area contributed by atoms with E-state index in [1.165, 1.54) is 5.56 Å². The molecule has 108 valence electrons. The lowest BCUT2D eigenvalue weighted by Crippen LogP contribution is -2.30. The van der Waals surface area contributed by atoms with Crippen LogP contribution in [-0.4, -0.2) is 25.5 Å². The third-order valence-corrected chi connectivity index (χ3v) is 3.53. The van der Waals surface area contributed by atoms with Gasteiger partial charge in [-0.15, -0.1) is 0 Å². The summed E-state index contributed by atoms with van der Waals surface area (Å²) < 4.78 is 0. The van der Waals surface area contributed by atoms with Crippen molar-refractivity contribution in [3.63, 3.8) is 0 Å². The molecule has 0 amide bonds. The summed E-state index contributed by atoms with van der Waals surface area (Å²) in [6.07, 6.45) is 0. The zero-order chi connectivity index (χ0) is 15.1. The van der Waals surface area contributed by atoms with E-state index in [4.69, 9.17) is 5.26 Å². The summed E-state index contributed by atoms with van der Waals surface area (Å²) in [5.74, 6) is 0. The second kappa shape index (κ2) is 7.58. The molecule has 0 bridgehead atoms. The number of hydrogen-bond acceptors (Lipinski definition) is 3. The Balaban J connectivity index is 1.95. The van der Waals surface area contributed by atoms with Gasteiger partial charge in [0.25, 0.3) is 0 Å². The van der Waals surface area contributed by atoms with Crippen LogP contribution >= 0.6 is 0 Å². The Morgan fingerprint density at radius 1 is 1.10 bits per heavy atom. The fraction of sp³-hybridized carbons (Fsp3) is 0.278. The molecule has 0 aliphatic heterocycles. The molecule has 1 N–H and O–H groups in total. The fourth-order valence-corrected chi connectivity index (χ4v) is 2.38. The van der Waals surface area contributed by atoms with Crippen molar-refractivity contribution in [1.82, 2.24) is 10.2 Å². The average molecular weight is 279 g/mol. The first-order chi connectivity index (χ1) is 10.2. The molecule has 2 rings (SSSR count). The number of nitriles is 1. The van der Waals surface area contributed by atoms with Gasteiger partial charge in [0.1, 0.15) is 0 Å². The third-order valence-electron chi connectivity index (χ3n) is 3.53. The molecule has 0 aromatic heterocycles. The summed E-state index contributed by atoms with van der Waals surface area (Å²) in [6, 6.07) is 20.7. The van der Waals surface area contributed by atoms with Gasteiger partial charge in [-0.25, -0.2) is 0 Å². The van der Waals surface area contributed by atoms with Crippen LogP contribution in [0.4, 0.5) is 0 Å². The lowest BCUT2D eigenvalue weighted by atomic mass is 10.1. The molecule has 0 radical (unpaired) electrons. The minimum absolute atomic E-state index is 0.338. The minimum Gasteiger partial charge on any atom is -0.311 e. The molecule has 1 atom stereocenters. The molecular formula is C18H21N3. The Kier molecular flexibility index (Phi) is 5.51. The van der Waals surface area contributed by atoms with Gasteiger partial charge in [0.05, 0.1) is 11.6 Å². The minimum atomic E-state index is 0.338. The SMILES string of the molecule is CN(C)[C@H](CNCc1cccc(C#N)c1)c1ccccc1. The van der Waals surface area contributed by atoms with Crippen LogP contribution in [0.2, 0.25) is 0 Å². The number of hydrogen-bond donors (Lipinski definition) is 1. The van der Waals surface area contributed by atoms with Crippen LogP contribution in [0.5, 0.6) is 0 Å². The van der Waals surface area contributed by atoms with Gasteiger partial charge >= 0.3 is 0 Å². The van der Waals surface area contributed by atoms with Gasteiger partial charge in [-0.1, -0.05) is 42.5 Å². The summed E-state index contributed by atoms with van der Waals surface area (Å²) in [4.78, 5) is 2.22. The predicted octanol–water partition coefficient (Wildman–Crippen LogP) is 2.95. The predicted molar refractivity (Wildman–Crippen MR) is 85.7 cm³/mol. The van der Waals surface area contributed by atoms with Crippen molar-refractivity contribution in [1.29, 1.82) is 5.26 Å². The van der Waals surface area contributed by atoms with Crippen molar-refractivity contribution in [2.75, 3.05) is 20.6 Å². The van der Waals surface area contributed by atoms with E-state index in [0.717, 1.165) is 18.7 Å². The Hall–Kier alpha value is -2.15. The first-order valence-corrected chi connectivity index (χ1v) is 7.12. The van der Waals surface area contributed by atoms with Gasteiger partial charge in [0.15, 0.2) is 0 Å². The summed E-state index contributed by atoms with van der Waals surface area (Å²) in [5.41, 5.74) is 3.15. The maximum absolute atomic E-state index is 8.92. The quantitative estimate of drug-likeness (QED) is 0.883. The van der Waals surface area contributed by atoms with Gasteiger partial charge < -0.3 is 10.2 Å². The highest BCUT2D eigenvalue weighted by Crippen LogP contribution is 2.16. The zero-order valence-electron chi connectivity index (χ0n) is 12.6. The molecule has 2 aromatic carbocycles. The molecule has 0 saturated heterocycles. The van der Waals surface area contributed by atoms with E-state index in [-0.39, 0.29) is 0 Å². The molecule has 0 aliphatic carbocycles. The number of nitrogens with one attached hydrogen (secondary N) is 1. The van der Waals surface area contributed by atoms with E-state index in [0.29, 0.717) is 11.6 Å². The van der Waals surface area contributed by atoms with E-state index < -0.39 is 0 Å². The topological polar surface area (TPSA) is 39.1 Å². The average Bonchev–Trinajstić information content (AvgIpc) is 2.52. The maximum atomic E-state index is 8.92. The summed E-state index contributed by atoms with van der Waals surface area (Å²) in [5, 5.41) is 12.4. The number of benzene rings is 2. The molecular weight excluding hydrogens is 258 g/mol. The zero-order valence-corrected chi connectivity index (χ0v) is 12.6. The Morgan fingerprint density at radius 3 is 2.52 bits per heavy atom. The van der Waals surface area contributed by atoms with Gasteiger partial charge in [-0.3, -0.25) is 0 Å². The van der Waals surface area contributed by atoms with Crippen LogP contribution in [0.15, 0.2) is 54.6 Å². The molecule has 0 heterocycles. The summed E-state index contributed by atoms with van der Waals surface area (Å²) >= 11 is 0. The monoisotopic (exact) mass is 279 g/mol. The molecule has 0 aliphatic rings. The van der Waals surface area contributed by atoms with Crippen molar-refractivity contribution in [2.24, 2.45) is 0 Å². The molecule has 0 saturated carbocycles. The Bertz CT molecular complexity index is 599. The molecule has 0 fully saturated rings. The van der Waals surface area contributed by atoms with Crippen molar-refractivity contribution in [3.05, 3.63) is 71.3 Å². The molecule has 21 heavy (non-hydrogen) atoms. The molecule has 3 nitrogen and oxygen atoms in total. The first-order valence-electron chi connectivity index (χ1n) is 7.12. The lowest BCUT2D eigenvalue weighted by Gasteiger charge is -2.25. The standard InChI is InChI=1S/C18H21N3/c1-21(2)18(17-9-4-3-5-10-17)14-20-13-16-8-6-7-15(11-16)12-19/h3-11,18,20H,13-14H2,1-2H3/t18-/m1/s1. The Morgan fingerprint density at radius 2 is 1.86 bits per heavy atom. The van der Waals surface area contributed by atoms with E-state index in [2.05, 4.69) is 54.6 Å². The van der Waals surface area contributed by atoms with Crippen LogP contribution in [0.25, 0.3) is 0 Å². The highest BCUT2D eigenvalue weighted by atomic mass is 15.1. The van der Waals surface area contributed by atoms with E-state index in [1.807, 2.05) is 30.3 Å². The Labute approximate surface area is 126 Å². The second-order valence-corrected chi connectivity index (χ2v) is 5.33. The number of rotatable bonds is 6. The lowest BCUT2D eigenvalue weighted by molar-refractivity contribution is 0.288. The molecule has 2 aromatic rings. The van der Waals surface area contributed by atoms with E-state index in [1.54, 1.807) is 0 Å². The maximum Gasteiger partial charge on any atom is 0.0991 e. The van der Waals surface area contributed by atoms with E-state index in [9.17, 15) is 0 Å². The van der Waals surface area contributed by atoms with Crippen LogP contribution in [-0.2, 0) is 6.54 Å². The van der Waals surface area contributed by atoms with Crippen molar-refractivity contribution >= 4 is 0 Å². The highest BCUT2D eigenvalue weighted by molar-refractivity contribution is 5.32. The second-order valence-electron chi connectivity index (χ2n) is 5.33. The third kappa shape index (κ3) is 4.42. The van der Waals surface area contributed by atoms with Crippen molar-refractivity contribution in [3.8, 4) is 6.07 Å². The van der Waals surface area contributed by atoms with Crippen LogP contribution in [0, 0.1) is 11.3 Å². The number of likely N-dealkylation sites (N-methyl/N-ethyl adjacent to an activating group) is 1.